The third-order valence-electron chi connectivity index (χ3n) is 7.41. The van der Waals surface area contributed by atoms with E-state index in [1.54, 1.807) is 6.33 Å². The van der Waals surface area contributed by atoms with Gasteiger partial charge in [-0.15, -0.1) is 0 Å². The summed E-state index contributed by atoms with van der Waals surface area (Å²) in [6.45, 7) is 5.96. The maximum absolute atomic E-state index is 12.1. The summed E-state index contributed by atoms with van der Waals surface area (Å²) in [6, 6.07) is 20.1. The SMILES string of the molecule is C=CC(=O)N1CCC12CN(c1ccc3ncnc(Nc4ccc5c(cnn5-c5ccccc5)c4)c3n1)C2. The van der Waals surface area contributed by atoms with Crippen molar-refractivity contribution < 1.29 is 4.79 Å². The van der Waals surface area contributed by atoms with Gasteiger partial charge in [-0.25, -0.2) is 19.6 Å². The van der Waals surface area contributed by atoms with E-state index in [0.717, 1.165) is 59.7 Å². The molecule has 1 spiro atoms. The zero-order valence-electron chi connectivity index (χ0n) is 20.1. The second-order valence-corrected chi connectivity index (χ2v) is 9.57. The minimum atomic E-state index is -0.0875. The number of carbonyl (C=O) groups excluding carboxylic acids is 1. The fraction of sp³-hybridized carbons (Fsp3) is 0.179. The number of hydrogen-bond donors (Lipinski definition) is 1. The monoisotopic (exact) mass is 488 g/mol. The first-order valence-electron chi connectivity index (χ1n) is 12.2. The molecule has 0 saturated carbocycles. The molecule has 7 rings (SSSR count). The number of aromatic nitrogens is 5. The van der Waals surface area contributed by atoms with E-state index >= 15 is 0 Å². The van der Waals surface area contributed by atoms with E-state index in [2.05, 4.69) is 37.9 Å². The number of pyridine rings is 1. The Kier molecular flexibility index (Phi) is 4.72. The van der Waals surface area contributed by atoms with Crippen LogP contribution in [0.3, 0.4) is 0 Å². The number of rotatable bonds is 5. The summed E-state index contributed by atoms with van der Waals surface area (Å²) in [5, 5.41) is 9.02. The highest BCUT2D eigenvalue weighted by Crippen LogP contribution is 2.41. The predicted octanol–water partition coefficient (Wildman–Crippen LogP) is 4.08. The van der Waals surface area contributed by atoms with Gasteiger partial charge < -0.3 is 15.1 Å². The van der Waals surface area contributed by atoms with Crippen molar-refractivity contribution in [2.75, 3.05) is 29.9 Å². The number of anilines is 3. The molecule has 182 valence electrons. The number of nitrogens with zero attached hydrogens (tertiary/aromatic N) is 7. The van der Waals surface area contributed by atoms with Crippen LogP contribution in [0.25, 0.3) is 27.6 Å². The molecule has 2 aliphatic heterocycles. The Bertz CT molecular complexity index is 1670. The molecule has 5 heterocycles. The van der Waals surface area contributed by atoms with E-state index in [4.69, 9.17) is 4.98 Å². The van der Waals surface area contributed by atoms with Crippen LogP contribution in [0.1, 0.15) is 6.42 Å². The van der Waals surface area contributed by atoms with Crippen molar-refractivity contribution >= 4 is 45.2 Å². The number of para-hydroxylation sites is 1. The minimum absolute atomic E-state index is 0.00328. The van der Waals surface area contributed by atoms with E-state index in [9.17, 15) is 4.79 Å². The Hall–Kier alpha value is -4.79. The number of hydrogen-bond acceptors (Lipinski definition) is 7. The maximum Gasteiger partial charge on any atom is 0.246 e. The molecule has 1 amide bonds. The summed E-state index contributed by atoms with van der Waals surface area (Å²) in [5.74, 6) is 1.50. The largest absolute Gasteiger partial charge is 0.352 e. The molecule has 9 heteroatoms. The number of nitrogens with one attached hydrogen (secondary N) is 1. The zero-order valence-corrected chi connectivity index (χ0v) is 20.1. The third kappa shape index (κ3) is 3.42. The van der Waals surface area contributed by atoms with Gasteiger partial charge in [0.05, 0.1) is 28.5 Å². The first-order chi connectivity index (χ1) is 18.1. The summed E-state index contributed by atoms with van der Waals surface area (Å²) in [6.07, 6.45) is 5.82. The lowest BCUT2D eigenvalue weighted by Crippen LogP contribution is -2.78. The molecule has 2 aliphatic rings. The van der Waals surface area contributed by atoms with E-state index in [1.165, 1.54) is 6.08 Å². The van der Waals surface area contributed by atoms with Gasteiger partial charge in [0.2, 0.25) is 5.91 Å². The van der Waals surface area contributed by atoms with Gasteiger partial charge in [-0.3, -0.25) is 4.79 Å². The molecule has 9 nitrogen and oxygen atoms in total. The highest BCUT2D eigenvalue weighted by molar-refractivity contribution is 5.91. The van der Waals surface area contributed by atoms with Gasteiger partial charge in [0.15, 0.2) is 5.82 Å². The molecule has 37 heavy (non-hydrogen) atoms. The molecular formula is C28H24N8O. The molecule has 2 saturated heterocycles. The van der Waals surface area contributed by atoms with E-state index in [1.807, 2.05) is 70.4 Å². The van der Waals surface area contributed by atoms with Crippen LogP contribution in [0.4, 0.5) is 17.3 Å². The predicted molar refractivity (Wildman–Crippen MR) is 143 cm³/mol. The van der Waals surface area contributed by atoms with Crippen molar-refractivity contribution in [1.29, 1.82) is 0 Å². The Balaban J connectivity index is 1.16. The first kappa shape index (κ1) is 21.5. The average molecular weight is 489 g/mol. The van der Waals surface area contributed by atoms with Crippen LogP contribution in [0.15, 0.2) is 85.8 Å². The standard InChI is InChI=1S/C28H24N8O/c1-2-25(37)35-13-12-28(35)16-34(17-28)24-11-9-22-26(33-24)27(30-18-29-22)32-20-8-10-23-19(14-20)15-31-36(23)21-6-4-3-5-7-21/h2-11,14-15,18H,1,12-13,16-17H2,(H,29,30,32). The number of benzene rings is 2. The van der Waals surface area contributed by atoms with Crippen molar-refractivity contribution in [1.82, 2.24) is 29.6 Å². The molecule has 3 aromatic heterocycles. The number of fused-ring (bicyclic) bond motifs is 2. The van der Waals surface area contributed by atoms with Gasteiger partial charge in [0.25, 0.3) is 0 Å². The topological polar surface area (TPSA) is 92.1 Å². The second-order valence-electron chi connectivity index (χ2n) is 9.57. The normalized spacial score (nSPS) is 16.0. The fourth-order valence-electron chi connectivity index (χ4n) is 5.37. The number of amides is 1. The molecule has 0 radical (unpaired) electrons. The van der Waals surface area contributed by atoms with Crippen molar-refractivity contribution in [2.45, 2.75) is 12.0 Å². The lowest BCUT2D eigenvalue weighted by atomic mass is 9.77. The summed E-state index contributed by atoms with van der Waals surface area (Å²) in [7, 11) is 0. The molecule has 2 fully saturated rings. The summed E-state index contributed by atoms with van der Waals surface area (Å²) < 4.78 is 1.93. The van der Waals surface area contributed by atoms with Gasteiger partial charge >= 0.3 is 0 Å². The van der Waals surface area contributed by atoms with Crippen LogP contribution in [0.5, 0.6) is 0 Å². The van der Waals surface area contributed by atoms with Crippen LogP contribution in [-0.4, -0.2) is 60.7 Å². The molecule has 1 N–H and O–H groups in total. The van der Waals surface area contributed by atoms with Crippen LogP contribution in [0.2, 0.25) is 0 Å². The Morgan fingerprint density at radius 3 is 2.70 bits per heavy atom. The zero-order chi connectivity index (χ0) is 25.0. The average Bonchev–Trinajstić information content (AvgIpc) is 3.31. The minimum Gasteiger partial charge on any atom is -0.352 e. The van der Waals surface area contributed by atoms with Gasteiger partial charge in [0.1, 0.15) is 17.7 Å². The van der Waals surface area contributed by atoms with E-state index in [0.29, 0.717) is 11.3 Å². The molecular weight excluding hydrogens is 464 g/mol. The molecule has 0 bridgehead atoms. The van der Waals surface area contributed by atoms with Crippen LogP contribution >= 0.6 is 0 Å². The van der Waals surface area contributed by atoms with Gasteiger partial charge in [-0.05, 0) is 55.0 Å². The Labute approximate surface area is 213 Å². The van der Waals surface area contributed by atoms with Crippen LogP contribution < -0.4 is 10.2 Å². The lowest BCUT2D eigenvalue weighted by molar-refractivity contribution is -0.144. The van der Waals surface area contributed by atoms with Crippen molar-refractivity contribution in [2.24, 2.45) is 0 Å². The Morgan fingerprint density at radius 1 is 1.05 bits per heavy atom. The molecule has 5 aromatic rings. The quantitative estimate of drug-likeness (QED) is 0.373. The second kappa shape index (κ2) is 8.12. The number of carbonyl (C=O) groups is 1. The molecule has 0 unspecified atom stereocenters. The van der Waals surface area contributed by atoms with Crippen LogP contribution in [0, 0.1) is 0 Å². The third-order valence-corrected chi connectivity index (χ3v) is 7.41. The first-order valence-corrected chi connectivity index (χ1v) is 12.2. The van der Waals surface area contributed by atoms with Crippen molar-refractivity contribution in [3.8, 4) is 5.69 Å². The van der Waals surface area contributed by atoms with Crippen molar-refractivity contribution in [3.63, 3.8) is 0 Å². The number of likely N-dealkylation sites (tertiary alicyclic amines) is 1. The summed E-state index contributed by atoms with van der Waals surface area (Å²) >= 11 is 0. The smallest absolute Gasteiger partial charge is 0.246 e. The molecule has 0 aliphatic carbocycles. The fourth-order valence-corrected chi connectivity index (χ4v) is 5.37. The Morgan fingerprint density at radius 2 is 1.92 bits per heavy atom. The molecule has 0 atom stereocenters. The van der Waals surface area contributed by atoms with E-state index in [-0.39, 0.29) is 11.4 Å². The highest BCUT2D eigenvalue weighted by atomic mass is 16.2. The van der Waals surface area contributed by atoms with Crippen molar-refractivity contribution in [3.05, 3.63) is 85.8 Å². The van der Waals surface area contributed by atoms with E-state index < -0.39 is 0 Å². The summed E-state index contributed by atoms with van der Waals surface area (Å²) in [5.41, 5.74) is 4.31. The highest BCUT2D eigenvalue weighted by Gasteiger charge is 2.55. The van der Waals surface area contributed by atoms with Crippen LogP contribution in [-0.2, 0) is 4.79 Å². The maximum atomic E-state index is 12.1. The van der Waals surface area contributed by atoms with Gasteiger partial charge in [0, 0.05) is 30.7 Å². The molecule has 2 aromatic carbocycles. The summed E-state index contributed by atoms with van der Waals surface area (Å²) in [4.78, 5) is 30.1. The van der Waals surface area contributed by atoms with Gasteiger partial charge in [-0.1, -0.05) is 24.8 Å². The van der Waals surface area contributed by atoms with Gasteiger partial charge in [-0.2, -0.15) is 5.10 Å². The lowest BCUT2D eigenvalue weighted by Gasteiger charge is -2.62.